The molecule has 0 bridgehead atoms. The summed E-state index contributed by atoms with van der Waals surface area (Å²) in [6.07, 6.45) is 9.10. The van der Waals surface area contributed by atoms with E-state index in [1.54, 1.807) is 0 Å². The molecule has 0 N–H and O–H groups in total. The van der Waals surface area contributed by atoms with Gasteiger partial charge in [0, 0.05) is 24.4 Å². The Labute approximate surface area is 211 Å². The number of rotatable bonds is 6. The maximum absolute atomic E-state index is 4.56. The van der Waals surface area contributed by atoms with Gasteiger partial charge in [0.15, 0.2) is 0 Å². The molecule has 1 aliphatic rings. The highest BCUT2D eigenvalue weighted by Crippen LogP contribution is 2.24. The van der Waals surface area contributed by atoms with E-state index in [0.717, 1.165) is 34.8 Å². The van der Waals surface area contributed by atoms with E-state index in [9.17, 15) is 0 Å². The van der Waals surface area contributed by atoms with E-state index in [2.05, 4.69) is 125 Å². The third-order valence-corrected chi connectivity index (χ3v) is 7.03. The molecule has 0 atom stereocenters. The summed E-state index contributed by atoms with van der Waals surface area (Å²) in [5, 5.41) is 2.18. The van der Waals surface area contributed by atoms with Crippen LogP contribution in [0.5, 0.6) is 0 Å². The number of aryl methyl sites for hydroxylation is 3. The van der Waals surface area contributed by atoms with Crippen molar-refractivity contribution in [2.75, 3.05) is 13.1 Å². The molecular formula is C34H37N. The molecule has 4 rings (SSSR count). The van der Waals surface area contributed by atoms with Crippen molar-refractivity contribution in [1.29, 1.82) is 0 Å². The van der Waals surface area contributed by atoms with Gasteiger partial charge in [-0.3, -0.25) is 0 Å². The first kappa shape index (κ1) is 24.5. The van der Waals surface area contributed by atoms with Crippen molar-refractivity contribution < 1.29 is 0 Å². The average Bonchev–Trinajstić information content (AvgIpc) is 3.39. The lowest BCUT2D eigenvalue weighted by atomic mass is 9.97. The molecule has 1 heterocycles. The van der Waals surface area contributed by atoms with Crippen LogP contribution >= 0.6 is 0 Å². The first-order chi connectivity index (χ1) is 16.8. The third kappa shape index (κ3) is 5.92. The fourth-order valence-corrected chi connectivity index (χ4v) is 4.58. The highest BCUT2D eigenvalue weighted by Gasteiger charge is 2.16. The van der Waals surface area contributed by atoms with Crippen molar-refractivity contribution >= 4 is 18.2 Å². The zero-order valence-electron chi connectivity index (χ0n) is 21.7. The number of hydrogen-bond acceptors (Lipinski definition) is 1. The minimum Gasteiger partial charge on any atom is -0.372 e. The lowest BCUT2D eigenvalue weighted by Gasteiger charge is -2.22. The van der Waals surface area contributed by atoms with Crippen LogP contribution in [-0.4, -0.2) is 18.0 Å². The fourth-order valence-electron chi connectivity index (χ4n) is 4.58. The Morgan fingerprint density at radius 2 is 1.49 bits per heavy atom. The zero-order valence-corrected chi connectivity index (χ0v) is 21.7. The molecule has 1 heteroatoms. The molecule has 0 saturated carbocycles. The quantitative estimate of drug-likeness (QED) is 0.355. The molecule has 0 aromatic heterocycles. The van der Waals surface area contributed by atoms with E-state index in [4.69, 9.17) is 0 Å². The fraction of sp³-hybridized carbons (Fsp3) is 0.235. The topological polar surface area (TPSA) is 3.24 Å². The smallest absolute Gasteiger partial charge is 0.0373 e. The molecule has 0 amide bonds. The van der Waals surface area contributed by atoms with Crippen molar-refractivity contribution in [3.8, 4) is 11.1 Å². The summed E-state index contributed by atoms with van der Waals surface area (Å²) in [4.78, 5) is 2.42. The molecule has 0 spiro atoms. The van der Waals surface area contributed by atoms with Crippen LogP contribution in [-0.2, 0) is 0 Å². The summed E-state index contributed by atoms with van der Waals surface area (Å²) in [5.41, 5.74) is 11.0. The Balaban J connectivity index is 1.82. The van der Waals surface area contributed by atoms with Crippen LogP contribution in [0, 0.1) is 20.8 Å². The molecule has 0 radical (unpaired) electrons. The Morgan fingerprint density at radius 3 is 2.17 bits per heavy atom. The van der Waals surface area contributed by atoms with Gasteiger partial charge in [-0.05, 0) is 90.9 Å². The van der Waals surface area contributed by atoms with Crippen LogP contribution in [0.2, 0.25) is 0 Å². The van der Waals surface area contributed by atoms with E-state index in [-0.39, 0.29) is 0 Å². The molecule has 178 valence electrons. The molecule has 3 aromatic rings. The normalized spacial score (nSPS) is 15.1. The Kier molecular flexibility index (Phi) is 7.56. The number of allylic oxidation sites excluding steroid dienone is 3. The highest BCUT2D eigenvalue weighted by molar-refractivity contribution is 5.75. The second kappa shape index (κ2) is 10.8. The van der Waals surface area contributed by atoms with Gasteiger partial charge < -0.3 is 4.90 Å². The number of hydrogen-bond donors (Lipinski definition) is 0. The standard InChI is InChI=1S/C34H37N/c1-24-9-14-30(15-10-24)16-11-25(2)21-34(29(6)35-19-7-8-20-35)33-23-32(18-13-27(33)4)31-17-12-26(3)28(5)22-31/h9-18,21-23H,4,6-8,19-20H2,1-3,5H3/b16-11+,25-21+,34-33+. The molecule has 0 unspecified atom stereocenters. The van der Waals surface area contributed by atoms with Gasteiger partial charge in [-0.1, -0.05) is 91.0 Å². The van der Waals surface area contributed by atoms with Crippen LogP contribution in [0.1, 0.15) is 42.0 Å². The Hall–Kier alpha value is -3.58. The molecule has 0 aliphatic carbocycles. The molecule has 3 aromatic carbocycles. The monoisotopic (exact) mass is 459 g/mol. The Bertz CT molecular complexity index is 1390. The lowest BCUT2D eigenvalue weighted by molar-refractivity contribution is 0.446. The molecule has 1 aliphatic heterocycles. The summed E-state index contributed by atoms with van der Waals surface area (Å²) in [7, 11) is 0. The van der Waals surface area contributed by atoms with E-state index in [0.29, 0.717) is 0 Å². The predicted octanol–water partition coefficient (Wildman–Crippen LogP) is 7.11. The SMILES string of the molecule is C=C(C(/C=C(C)/C=C/c1ccc(C)cc1)=c1\cc(-c2ccc(C)c(C)c2)ccc1=C)N1CCCC1. The number of likely N-dealkylation sites (tertiary alicyclic amines) is 1. The van der Waals surface area contributed by atoms with Gasteiger partial charge in [-0.15, -0.1) is 0 Å². The summed E-state index contributed by atoms with van der Waals surface area (Å²) < 4.78 is 0. The molecule has 1 nitrogen and oxygen atoms in total. The van der Waals surface area contributed by atoms with Crippen molar-refractivity contribution in [3.63, 3.8) is 0 Å². The van der Waals surface area contributed by atoms with Gasteiger partial charge in [0.1, 0.15) is 0 Å². The highest BCUT2D eigenvalue weighted by atomic mass is 15.1. The first-order valence-corrected chi connectivity index (χ1v) is 12.6. The predicted molar refractivity (Wildman–Crippen MR) is 153 cm³/mol. The maximum atomic E-state index is 4.56. The van der Waals surface area contributed by atoms with E-state index in [1.807, 2.05) is 0 Å². The van der Waals surface area contributed by atoms with Gasteiger partial charge in [0.25, 0.3) is 0 Å². The summed E-state index contributed by atoms with van der Waals surface area (Å²) >= 11 is 0. The van der Waals surface area contributed by atoms with Crippen LogP contribution in [0.4, 0.5) is 0 Å². The number of benzene rings is 3. The van der Waals surface area contributed by atoms with Gasteiger partial charge in [-0.2, -0.15) is 0 Å². The van der Waals surface area contributed by atoms with E-state index in [1.165, 1.54) is 51.8 Å². The number of nitrogens with zero attached hydrogens (tertiary/aromatic N) is 1. The summed E-state index contributed by atoms with van der Waals surface area (Å²) in [6, 6.07) is 21.9. The van der Waals surface area contributed by atoms with Gasteiger partial charge in [-0.25, -0.2) is 0 Å². The maximum Gasteiger partial charge on any atom is 0.0373 e. The minimum absolute atomic E-state index is 1.03. The second-order valence-electron chi connectivity index (χ2n) is 9.86. The second-order valence-corrected chi connectivity index (χ2v) is 9.86. The summed E-state index contributed by atoms with van der Waals surface area (Å²) in [5.74, 6) is 0. The van der Waals surface area contributed by atoms with Crippen LogP contribution in [0.25, 0.3) is 29.4 Å². The average molecular weight is 460 g/mol. The molecular weight excluding hydrogens is 422 g/mol. The van der Waals surface area contributed by atoms with E-state index < -0.39 is 0 Å². The van der Waals surface area contributed by atoms with Crippen molar-refractivity contribution in [3.05, 3.63) is 123 Å². The van der Waals surface area contributed by atoms with E-state index >= 15 is 0 Å². The summed E-state index contributed by atoms with van der Waals surface area (Å²) in [6.45, 7) is 19.7. The third-order valence-electron chi connectivity index (χ3n) is 7.03. The van der Waals surface area contributed by atoms with Crippen molar-refractivity contribution in [2.45, 2.75) is 40.5 Å². The van der Waals surface area contributed by atoms with Gasteiger partial charge >= 0.3 is 0 Å². The van der Waals surface area contributed by atoms with Gasteiger partial charge in [0.05, 0.1) is 0 Å². The van der Waals surface area contributed by atoms with Gasteiger partial charge in [0.2, 0.25) is 0 Å². The van der Waals surface area contributed by atoms with Crippen LogP contribution in [0.15, 0.2) is 90.7 Å². The molecule has 1 fully saturated rings. The lowest BCUT2D eigenvalue weighted by Crippen LogP contribution is -2.29. The zero-order chi connectivity index (χ0) is 24.9. The Morgan fingerprint density at radius 1 is 0.829 bits per heavy atom. The van der Waals surface area contributed by atoms with Crippen molar-refractivity contribution in [1.82, 2.24) is 4.90 Å². The van der Waals surface area contributed by atoms with Crippen molar-refractivity contribution in [2.24, 2.45) is 0 Å². The van der Waals surface area contributed by atoms with Crippen LogP contribution in [0.3, 0.4) is 0 Å². The molecule has 1 saturated heterocycles. The largest absolute Gasteiger partial charge is 0.372 e. The molecule has 35 heavy (non-hydrogen) atoms. The minimum atomic E-state index is 1.03. The van der Waals surface area contributed by atoms with Crippen LogP contribution < -0.4 is 10.4 Å². The first-order valence-electron chi connectivity index (χ1n) is 12.6.